The van der Waals surface area contributed by atoms with Crippen LogP contribution in [0.3, 0.4) is 0 Å². The van der Waals surface area contributed by atoms with E-state index in [1.807, 2.05) is 26.8 Å². The lowest BCUT2D eigenvalue weighted by molar-refractivity contribution is -0.130. The Morgan fingerprint density at radius 3 is 2.44 bits per heavy atom. The summed E-state index contributed by atoms with van der Waals surface area (Å²) in [6.45, 7) is 8.54. The molecule has 0 aliphatic rings. The van der Waals surface area contributed by atoms with E-state index < -0.39 is 23.5 Å². The first-order valence-electron chi connectivity index (χ1n) is 7.84. The van der Waals surface area contributed by atoms with E-state index in [0.29, 0.717) is 0 Å². The van der Waals surface area contributed by atoms with E-state index in [1.165, 1.54) is 6.92 Å². The molecule has 25 heavy (non-hydrogen) atoms. The quantitative estimate of drug-likeness (QED) is 0.861. The highest BCUT2D eigenvalue weighted by molar-refractivity contribution is 5.96. The molecule has 0 radical (unpaired) electrons. The van der Waals surface area contributed by atoms with Crippen LogP contribution in [0.5, 0.6) is 0 Å². The van der Waals surface area contributed by atoms with Gasteiger partial charge in [-0.15, -0.1) is 0 Å². The van der Waals surface area contributed by atoms with Gasteiger partial charge in [0, 0.05) is 17.9 Å². The number of hydrogen-bond acceptors (Lipinski definition) is 5. The predicted molar refractivity (Wildman–Crippen MR) is 90.3 cm³/mol. The van der Waals surface area contributed by atoms with Crippen LogP contribution in [0.25, 0.3) is 5.88 Å². The molecule has 2 aromatic heterocycles. The maximum Gasteiger partial charge on any atom is 0.343 e. The number of nitrogens with one attached hydrogen (secondary N) is 1. The van der Waals surface area contributed by atoms with E-state index in [2.05, 4.69) is 5.32 Å². The van der Waals surface area contributed by atoms with E-state index in [-0.39, 0.29) is 22.8 Å². The normalized spacial score (nSPS) is 12.3. The molecule has 0 spiro atoms. The minimum absolute atomic E-state index is 0.0293. The molecule has 0 saturated carbocycles. The summed E-state index contributed by atoms with van der Waals surface area (Å²) in [5, 5.41) is 12.2. The highest BCUT2D eigenvalue weighted by Crippen LogP contribution is 2.26. The number of esters is 1. The van der Waals surface area contributed by atoms with Crippen LogP contribution < -0.4 is 5.32 Å². The number of nitrogens with zero attached hydrogens (tertiary/aromatic N) is 2. The standard InChI is InChI=1S/C18H21N3O4/c1-11-14(13(10-19)16(24-11)21-8-6-7-9-21)17(23)25-12(2)15(22)20-18(3,4)5/h6-9,12H,1-5H3,(H,20,22)/t12-/m1/s1. The molecule has 0 aromatic carbocycles. The molecule has 2 heterocycles. The largest absolute Gasteiger partial charge is 0.449 e. The molecule has 2 rings (SSSR count). The van der Waals surface area contributed by atoms with Gasteiger partial charge in [-0.2, -0.15) is 5.26 Å². The molecule has 0 aliphatic carbocycles. The van der Waals surface area contributed by atoms with Crippen LogP contribution in [0.15, 0.2) is 28.9 Å². The van der Waals surface area contributed by atoms with E-state index in [0.717, 1.165) is 0 Å². The summed E-state index contributed by atoms with van der Waals surface area (Å²) in [5.74, 6) is -0.684. The van der Waals surface area contributed by atoms with Gasteiger partial charge in [-0.3, -0.25) is 9.36 Å². The molecule has 132 valence electrons. The van der Waals surface area contributed by atoms with Crippen molar-refractivity contribution in [3.63, 3.8) is 0 Å². The zero-order chi connectivity index (χ0) is 18.8. The summed E-state index contributed by atoms with van der Waals surface area (Å²) in [7, 11) is 0. The van der Waals surface area contributed by atoms with Crippen LogP contribution in [-0.4, -0.2) is 28.1 Å². The number of ether oxygens (including phenoxy) is 1. The molecular weight excluding hydrogens is 322 g/mol. The Balaban J connectivity index is 2.26. The predicted octanol–water partition coefficient (Wildman–Crippen LogP) is 2.71. The Morgan fingerprint density at radius 1 is 1.32 bits per heavy atom. The Bertz CT molecular complexity index is 820. The van der Waals surface area contributed by atoms with Gasteiger partial charge in [-0.1, -0.05) is 0 Å². The second kappa shape index (κ2) is 6.85. The number of nitriles is 1. The molecule has 0 unspecified atom stereocenters. The zero-order valence-corrected chi connectivity index (χ0v) is 14.9. The van der Waals surface area contributed by atoms with Gasteiger partial charge in [-0.05, 0) is 46.8 Å². The third-order valence-electron chi connectivity index (χ3n) is 3.37. The van der Waals surface area contributed by atoms with Crippen molar-refractivity contribution in [3.05, 3.63) is 41.4 Å². The topological polar surface area (TPSA) is 97.3 Å². The number of amides is 1. The Morgan fingerprint density at radius 2 is 1.92 bits per heavy atom. The number of carbonyl (C=O) groups excluding carboxylic acids is 2. The lowest BCUT2D eigenvalue weighted by Gasteiger charge is -2.23. The summed E-state index contributed by atoms with van der Waals surface area (Å²) >= 11 is 0. The Hall–Kier alpha value is -3.01. The van der Waals surface area contributed by atoms with Crippen LogP contribution in [-0.2, 0) is 9.53 Å². The maximum atomic E-state index is 12.5. The third-order valence-corrected chi connectivity index (χ3v) is 3.37. The Kier molecular flexibility index (Phi) is 5.02. The fraction of sp³-hybridized carbons (Fsp3) is 0.389. The molecule has 0 bridgehead atoms. The fourth-order valence-corrected chi connectivity index (χ4v) is 2.28. The molecule has 7 nitrogen and oxygen atoms in total. The number of aryl methyl sites for hydroxylation is 1. The van der Waals surface area contributed by atoms with Gasteiger partial charge >= 0.3 is 5.97 Å². The highest BCUT2D eigenvalue weighted by Gasteiger charge is 2.29. The van der Waals surface area contributed by atoms with E-state index in [1.54, 1.807) is 36.0 Å². The summed E-state index contributed by atoms with van der Waals surface area (Å²) in [6.07, 6.45) is 2.41. The van der Waals surface area contributed by atoms with E-state index in [9.17, 15) is 14.9 Å². The summed E-state index contributed by atoms with van der Waals surface area (Å²) in [6, 6.07) is 5.53. The van der Waals surface area contributed by atoms with Gasteiger partial charge in [0.05, 0.1) is 0 Å². The van der Waals surface area contributed by atoms with Crippen molar-refractivity contribution in [2.75, 3.05) is 0 Å². The van der Waals surface area contributed by atoms with Crippen LogP contribution >= 0.6 is 0 Å². The average molecular weight is 343 g/mol. The molecule has 0 saturated heterocycles. The number of carbonyl (C=O) groups is 2. The third kappa shape index (κ3) is 4.10. The molecule has 7 heteroatoms. The van der Waals surface area contributed by atoms with Gasteiger partial charge in [0.15, 0.2) is 6.10 Å². The first-order valence-corrected chi connectivity index (χ1v) is 7.84. The summed E-state index contributed by atoms with van der Waals surface area (Å²) in [4.78, 5) is 24.6. The molecule has 0 fully saturated rings. The minimum Gasteiger partial charge on any atom is -0.449 e. The second-order valence-electron chi connectivity index (χ2n) is 6.70. The first-order chi connectivity index (χ1) is 11.6. The van der Waals surface area contributed by atoms with Gasteiger partial charge in [0.2, 0.25) is 5.88 Å². The van der Waals surface area contributed by atoms with Crippen molar-refractivity contribution in [1.82, 2.24) is 9.88 Å². The van der Waals surface area contributed by atoms with Crippen molar-refractivity contribution in [1.29, 1.82) is 5.26 Å². The van der Waals surface area contributed by atoms with Gasteiger partial charge in [0.1, 0.15) is 23.0 Å². The lowest BCUT2D eigenvalue weighted by Crippen LogP contribution is -2.46. The van der Waals surface area contributed by atoms with E-state index in [4.69, 9.17) is 9.15 Å². The van der Waals surface area contributed by atoms with Crippen molar-refractivity contribution >= 4 is 11.9 Å². The smallest absolute Gasteiger partial charge is 0.343 e. The van der Waals surface area contributed by atoms with Gasteiger partial charge in [0.25, 0.3) is 5.91 Å². The minimum atomic E-state index is -0.998. The molecule has 2 aromatic rings. The van der Waals surface area contributed by atoms with Crippen molar-refractivity contribution in [2.45, 2.75) is 46.3 Å². The second-order valence-corrected chi connectivity index (χ2v) is 6.70. The fourth-order valence-electron chi connectivity index (χ4n) is 2.28. The molecule has 1 amide bonds. The molecule has 0 aliphatic heterocycles. The Labute approximate surface area is 146 Å². The van der Waals surface area contributed by atoms with Gasteiger partial charge in [-0.25, -0.2) is 4.79 Å². The summed E-state index contributed by atoms with van der Waals surface area (Å²) < 4.78 is 12.4. The summed E-state index contributed by atoms with van der Waals surface area (Å²) in [5.41, 5.74) is -0.341. The van der Waals surface area contributed by atoms with Crippen LogP contribution in [0.1, 0.15) is 49.4 Å². The SMILES string of the molecule is Cc1oc(-n2cccc2)c(C#N)c1C(=O)O[C@H](C)C(=O)NC(C)(C)C. The first kappa shape index (κ1) is 18.3. The van der Waals surface area contributed by atoms with Crippen molar-refractivity contribution in [3.8, 4) is 12.0 Å². The van der Waals surface area contributed by atoms with Crippen molar-refractivity contribution in [2.24, 2.45) is 0 Å². The van der Waals surface area contributed by atoms with E-state index >= 15 is 0 Å². The molecule has 1 atom stereocenters. The molecule has 1 N–H and O–H groups in total. The monoisotopic (exact) mass is 343 g/mol. The van der Waals surface area contributed by atoms with Crippen LogP contribution in [0.4, 0.5) is 0 Å². The number of aromatic nitrogens is 1. The average Bonchev–Trinajstić information content (AvgIpc) is 3.11. The number of furan rings is 1. The van der Waals surface area contributed by atoms with Gasteiger partial charge < -0.3 is 14.5 Å². The highest BCUT2D eigenvalue weighted by atomic mass is 16.5. The number of hydrogen-bond donors (Lipinski definition) is 1. The van der Waals surface area contributed by atoms with Crippen molar-refractivity contribution < 1.29 is 18.7 Å². The molecular formula is C18H21N3O4. The zero-order valence-electron chi connectivity index (χ0n) is 14.9. The van der Waals surface area contributed by atoms with Crippen LogP contribution in [0, 0.1) is 18.3 Å². The lowest BCUT2D eigenvalue weighted by atomic mass is 10.1. The maximum absolute atomic E-state index is 12.5. The number of rotatable bonds is 4. The van der Waals surface area contributed by atoms with Crippen LogP contribution in [0.2, 0.25) is 0 Å².